The van der Waals surface area contributed by atoms with Crippen molar-refractivity contribution >= 4 is 17.4 Å². The zero-order valence-electron chi connectivity index (χ0n) is 10.7. The van der Waals surface area contributed by atoms with Crippen LogP contribution in [0.2, 0.25) is 5.02 Å². The van der Waals surface area contributed by atoms with Gasteiger partial charge >= 0.3 is 0 Å². The van der Waals surface area contributed by atoms with E-state index in [-0.39, 0.29) is 18.5 Å². The van der Waals surface area contributed by atoms with Gasteiger partial charge in [0.25, 0.3) is 0 Å². The first kappa shape index (κ1) is 13.6. The Hall–Kier alpha value is -0.860. The normalized spacial score (nSPS) is 23.9. The second-order valence-corrected chi connectivity index (χ2v) is 5.57. The molecule has 1 fully saturated rings. The van der Waals surface area contributed by atoms with Gasteiger partial charge in [-0.25, -0.2) is 0 Å². The highest BCUT2D eigenvalue weighted by Gasteiger charge is 2.20. The third-order valence-corrected chi connectivity index (χ3v) is 3.72. The summed E-state index contributed by atoms with van der Waals surface area (Å²) in [6.07, 6.45) is 4.88. The van der Waals surface area contributed by atoms with Gasteiger partial charge in [-0.1, -0.05) is 43.5 Å². The molecule has 98 valence electrons. The van der Waals surface area contributed by atoms with Crippen LogP contribution < -0.4 is 0 Å². The molecule has 1 aromatic rings. The summed E-state index contributed by atoms with van der Waals surface area (Å²) in [6, 6.07) is 7.03. The van der Waals surface area contributed by atoms with Gasteiger partial charge in [-0.3, -0.25) is 4.79 Å². The zero-order valence-corrected chi connectivity index (χ0v) is 11.5. The van der Waals surface area contributed by atoms with Crippen molar-refractivity contribution in [2.75, 3.05) is 6.61 Å². The number of halogens is 1. The van der Waals surface area contributed by atoms with Crippen LogP contribution in [0.15, 0.2) is 24.3 Å². The number of Topliss-reactive ketones (excluding diaryl/α,β-unsaturated/α-hetero) is 1. The Kier molecular flexibility index (Phi) is 4.79. The van der Waals surface area contributed by atoms with Gasteiger partial charge in [-0.2, -0.15) is 0 Å². The molecule has 2 unspecified atom stereocenters. The van der Waals surface area contributed by atoms with Gasteiger partial charge in [-0.05, 0) is 30.9 Å². The summed E-state index contributed by atoms with van der Waals surface area (Å²) in [5, 5.41) is 0.590. The van der Waals surface area contributed by atoms with Gasteiger partial charge in [0.05, 0.1) is 6.10 Å². The predicted molar refractivity (Wildman–Crippen MR) is 73.2 cm³/mol. The highest BCUT2D eigenvalue weighted by molar-refractivity contribution is 6.31. The van der Waals surface area contributed by atoms with Gasteiger partial charge in [0.15, 0.2) is 5.78 Å². The molecule has 0 heterocycles. The molecule has 1 aliphatic carbocycles. The number of carbonyl (C=O) groups excluding carboxylic acids is 1. The van der Waals surface area contributed by atoms with Crippen molar-refractivity contribution in [3.63, 3.8) is 0 Å². The average molecular weight is 267 g/mol. The standard InChI is InChI=1S/C15H19ClO2/c1-11-4-2-7-14(8-11)18-10-15(17)12-5-3-6-13(16)9-12/h3,5-6,9,11,14H,2,4,7-8,10H2,1H3. The van der Waals surface area contributed by atoms with Crippen LogP contribution in [0.5, 0.6) is 0 Å². The van der Waals surface area contributed by atoms with E-state index in [2.05, 4.69) is 6.92 Å². The highest BCUT2D eigenvalue weighted by atomic mass is 35.5. The molecular weight excluding hydrogens is 248 g/mol. The van der Waals surface area contributed by atoms with E-state index in [4.69, 9.17) is 16.3 Å². The Labute approximate surface area is 113 Å². The van der Waals surface area contributed by atoms with Gasteiger partial charge < -0.3 is 4.74 Å². The SMILES string of the molecule is CC1CCCC(OCC(=O)c2cccc(Cl)c2)C1. The first-order valence-corrected chi connectivity index (χ1v) is 6.93. The lowest BCUT2D eigenvalue weighted by atomic mass is 9.89. The molecule has 0 N–H and O–H groups in total. The second-order valence-electron chi connectivity index (χ2n) is 5.14. The van der Waals surface area contributed by atoms with Crippen LogP contribution in [0.1, 0.15) is 43.0 Å². The quantitative estimate of drug-likeness (QED) is 0.767. The first-order chi connectivity index (χ1) is 8.65. The molecule has 3 heteroatoms. The fraction of sp³-hybridized carbons (Fsp3) is 0.533. The Morgan fingerprint density at radius 2 is 2.28 bits per heavy atom. The van der Waals surface area contributed by atoms with E-state index in [1.165, 1.54) is 12.8 Å². The molecule has 2 atom stereocenters. The van der Waals surface area contributed by atoms with Crippen LogP contribution >= 0.6 is 11.6 Å². The summed E-state index contributed by atoms with van der Waals surface area (Å²) in [5.74, 6) is 0.723. The van der Waals surface area contributed by atoms with Crippen LogP contribution in [0.4, 0.5) is 0 Å². The Bertz CT molecular complexity index is 417. The molecule has 0 radical (unpaired) electrons. The molecule has 1 aromatic carbocycles. The molecule has 1 saturated carbocycles. The molecule has 0 amide bonds. The van der Waals surface area contributed by atoms with Crippen LogP contribution in [0.3, 0.4) is 0 Å². The number of carbonyl (C=O) groups is 1. The minimum absolute atomic E-state index is 0.00993. The van der Waals surface area contributed by atoms with Crippen LogP contribution in [0.25, 0.3) is 0 Å². The van der Waals surface area contributed by atoms with Crippen LogP contribution in [-0.4, -0.2) is 18.5 Å². The Balaban J connectivity index is 1.84. The summed E-state index contributed by atoms with van der Waals surface area (Å²) < 4.78 is 5.72. The molecule has 2 nitrogen and oxygen atoms in total. The lowest BCUT2D eigenvalue weighted by molar-refractivity contribution is 0.0182. The minimum Gasteiger partial charge on any atom is -0.370 e. The Morgan fingerprint density at radius 3 is 3.00 bits per heavy atom. The van der Waals surface area contributed by atoms with Crippen molar-refractivity contribution in [2.45, 2.75) is 38.7 Å². The first-order valence-electron chi connectivity index (χ1n) is 6.55. The van der Waals surface area contributed by atoms with Crippen molar-refractivity contribution in [3.8, 4) is 0 Å². The molecule has 0 bridgehead atoms. The maximum atomic E-state index is 11.9. The summed E-state index contributed by atoms with van der Waals surface area (Å²) in [4.78, 5) is 11.9. The van der Waals surface area contributed by atoms with Gasteiger partial charge in [0.1, 0.15) is 6.61 Å². The maximum Gasteiger partial charge on any atom is 0.188 e. The van der Waals surface area contributed by atoms with E-state index < -0.39 is 0 Å². The van der Waals surface area contributed by atoms with Crippen molar-refractivity contribution in [1.82, 2.24) is 0 Å². The summed E-state index contributed by atoms with van der Waals surface area (Å²) in [6.45, 7) is 2.41. The van der Waals surface area contributed by atoms with E-state index in [1.807, 2.05) is 0 Å². The molecule has 0 saturated heterocycles. The molecule has 1 aliphatic rings. The molecule has 18 heavy (non-hydrogen) atoms. The molecule has 0 aromatic heterocycles. The number of benzene rings is 1. The van der Waals surface area contributed by atoms with Gasteiger partial charge in [0, 0.05) is 10.6 Å². The van der Waals surface area contributed by atoms with E-state index in [0.717, 1.165) is 12.8 Å². The second kappa shape index (κ2) is 6.35. The number of hydrogen-bond donors (Lipinski definition) is 0. The third kappa shape index (κ3) is 3.82. The lowest BCUT2D eigenvalue weighted by Crippen LogP contribution is -2.24. The maximum absolute atomic E-state index is 11.9. The molecule has 0 aliphatic heterocycles. The third-order valence-electron chi connectivity index (χ3n) is 3.49. The fourth-order valence-corrected chi connectivity index (χ4v) is 2.66. The number of rotatable bonds is 4. The topological polar surface area (TPSA) is 26.3 Å². The van der Waals surface area contributed by atoms with Crippen molar-refractivity contribution in [1.29, 1.82) is 0 Å². The largest absolute Gasteiger partial charge is 0.370 e. The molecule has 2 rings (SSSR count). The van der Waals surface area contributed by atoms with E-state index >= 15 is 0 Å². The fourth-order valence-electron chi connectivity index (χ4n) is 2.47. The average Bonchev–Trinajstić information content (AvgIpc) is 2.36. The van der Waals surface area contributed by atoms with Crippen molar-refractivity contribution in [2.24, 2.45) is 5.92 Å². The number of hydrogen-bond acceptors (Lipinski definition) is 2. The van der Waals surface area contributed by atoms with Gasteiger partial charge in [0.2, 0.25) is 0 Å². The summed E-state index contributed by atoms with van der Waals surface area (Å²) in [7, 11) is 0. The molecule has 0 spiro atoms. The van der Waals surface area contributed by atoms with Crippen molar-refractivity contribution < 1.29 is 9.53 Å². The van der Waals surface area contributed by atoms with Crippen LogP contribution in [-0.2, 0) is 4.74 Å². The minimum atomic E-state index is 0.00993. The highest BCUT2D eigenvalue weighted by Crippen LogP contribution is 2.25. The van der Waals surface area contributed by atoms with E-state index in [0.29, 0.717) is 16.5 Å². The van der Waals surface area contributed by atoms with Crippen molar-refractivity contribution in [3.05, 3.63) is 34.9 Å². The number of ketones is 1. The smallest absolute Gasteiger partial charge is 0.188 e. The molecular formula is C15H19ClO2. The van der Waals surface area contributed by atoms with E-state index in [9.17, 15) is 4.79 Å². The monoisotopic (exact) mass is 266 g/mol. The zero-order chi connectivity index (χ0) is 13.0. The van der Waals surface area contributed by atoms with E-state index in [1.54, 1.807) is 24.3 Å². The predicted octanol–water partition coefficient (Wildman–Crippen LogP) is 4.12. The number of ether oxygens (including phenoxy) is 1. The lowest BCUT2D eigenvalue weighted by Gasteiger charge is -2.26. The van der Waals surface area contributed by atoms with Gasteiger partial charge in [-0.15, -0.1) is 0 Å². The summed E-state index contributed by atoms with van der Waals surface area (Å²) in [5.41, 5.74) is 0.631. The summed E-state index contributed by atoms with van der Waals surface area (Å²) >= 11 is 5.86. The Morgan fingerprint density at radius 1 is 1.44 bits per heavy atom. The van der Waals surface area contributed by atoms with Crippen LogP contribution in [0, 0.1) is 5.92 Å².